The number of nitrogens with zero attached hydrogens (tertiary/aromatic N) is 3. The van der Waals surface area contributed by atoms with E-state index >= 15 is 0 Å². The molecule has 8 nitrogen and oxygen atoms in total. The van der Waals surface area contributed by atoms with E-state index in [-0.39, 0.29) is 42.1 Å². The summed E-state index contributed by atoms with van der Waals surface area (Å²) in [5.74, 6) is 0.123. The number of anilines is 1. The number of benzene rings is 1. The van der Waals surface area contributed by atoms with Crippen LogP contribution in [0.25, 0.3) is 0 Å². The number of nitrogen functional groups attached to an aromatic ring is 1. The summed E-state index contributed by atoms with van der Waals surface area (Å²) in [5.41, 5.74) is 7.08. The van der Waals surface area contributed by atoms with Crippen molar-refractivity contribution in [1.29, 1.82) is 0 Å². The molecule has 0 atom stereocenters. The number of aryl methyl sites for hydroxylation is 2. The zero-order chi connectivity index (χ0) is 18.2. The van der Waals surface area contributed by atoms with Crippen LogP contribution in [0.15, 0.2) is 33.7 Å². The highest BCUT2D eigenvalue weighted by molar-refractivity contribution is 7.89. The summed E-state index contributed by atoms with van der Waals surface area (Å²) < 4.78 is 31.9. The molecule has 10 heteroatoms. The second-order valence-electron chi connectivity index (χ2n) is 5.98. The number of piperazine rings is 1. The number of rotatable bonds is 3. The Morgan fingerprint density at radius 1 is 1.19 bits per heavy atom. The Kier molecular flexibility index (Phi) is 5.94. The first-order valence-corrected chi connectivity index (χ1v) is 9.32. The van der Waals surface area contributed by atoms with Crippen molar-refractivity contribution in [2.45, 2.75) is 18.7 Å². The van der Waals surface area contributed by atoms with Gasteiger partial charge in [0.05, 0.1) is 0 Å². The molecule has 3 rings (SSSR count). The average Bonchev–Trinajstić information content (AvgIpc) is 2.93. The lowest BCUT2D eigenvalue weighted by Gasteiger charge is -2.34. The van der Waals surface area contributed by atoms with Gasteiger partial charge in [-0.15, -0.1) is 12.4 Å². The van der Waals surface area contributed by atoms with Gasteiger partial charge in [-0.3, -0.25) is 4.79 Å². The van der Waals surface area contributed by atoms with Gasteiger partial charge in [0, 0.05) is 37.4 Å². The van der Waals surface area contributed by atoms with Crippen molar-refractivity contribution in [1.82, 2.24) is 14.4 Å². The van der Waals surface area contributed by atoms with Crippen LogP contribution in [0.3, 0.4) is 0 Å². The molecule has 0 aliphatic carbocycles. The highest BCUT2D eigenvalue weighted by Gasteiger charge is 2.34. The Morgan fingerprint density at radius 2 is 1.85 bits per heavy atom. The minimum Gasteiger partial charge on any atom is -0.399 e. The highest BCUT2D eigenvalue weighted by atomic mass is 35.5. The molecular weight excluding hydrogens is 380 g/mol. The number of carbonyl (C=O) groups is 1. The van der Waals surface area contributed by atoms with Crippen molar-refractivity contribution in [3.05, 3.63) is 41.3 Å². The van der Waals surface area contributed by atoms with Crippen LogP contribution in [0, 0.1) is 13.8 Å². The molecule has 1 aliphatic heterocycles. The molecule has 1 aromatic carbocycles. The second kappa shape index (κ2) is 7.65. The van der Waals surface area contributed by atoms with E-state index in [1.807, 2.05) is 0 Å². The Hall–Kier alpha value is -2.10. The molecule has 2 aromatic rings. The standard InChI is InChI=1S/C16H20N4O4S.ClH/c1-11-15(12(2)24-18-11)25(22,23)20-8-6-19(7-9-20)16(21)13-4-3-5-14(17)10-13;/h3-5,10H,6-9,17H2,1-2H3;1H. The van der Waals surface area contributed by atoms with Gasteiger partial charge in [-0.05, 0) is 32.0 Å². The number of halogens is 1. The molecular formula is C16H21ClN4O4S. The Morgan fingerprint density at radius 3 is 2.38 bits per heavy atom. The minimum absolute atomic E-state index is 0. The lowest BCUT2D eigenvalue weighted by molar-refractivity contribution is 0.0698. The van der Waals surface area contributed by atoms with E-state index in [1.54, 1.807) is 43.0 Å². The van der Waals surface area contributed by atoms with E-state index in [0.717, 1.165) is 0 Å². The molecule has 142 valence electrons. The molecule has 0 saturated carbocycles. The van der Waals surface area contributed by atoms with Crippen LogP contribution in [0.1, 0.15) is 21.8 Å². The van der Waals surface area contributed by atoms with E-state index in [2.05, 4.69) is 5.16 Å². The zero-order valence-corrected chi connectivity index (χ0v) is 16.1. The molecule has 1 amide bonds. The maximum absolute atomic E-state index is 12.8. The molecule has 26 heavy (non-hydrogen) atoms. The molecule has 0 unspecified atom stereocenters. The van der Waals surface area contributed by atoms with Crippen molar-refractivity contribution >= 4 is 34.0 Å². The van der Waals surface area contributed by atoms with Crippen LogP contribution in [0.5, 0.6) is 0 Å². The smallest absolute Gasteiger partial charge is 0.254 e. The van der Waals surface area contributed by atoms with Crippen molar-refractivity contribution in [2.75, 3.05) is 31.9 Å². The lowest BCUT2D eigenvalue weighted by atomic mass is 10.1. The number of hydrogen-bond acceptors (Lipinski definition) is 6. The van der Waals surface area contributed by atoms with Crippen LogP contribution in [0.2, 0.25) is 0 Å². The number of aromatic nitrogens is 1. The first kappa shape index (κ1) is 20.2. The van der Waals surface area contributed by atoms with Gasteiger partial charge in [-0.25, -0.2) is 8.42 Å². The summed E-state index contributed by atoms with van der Waals surface area (Å²) >= 11 is 0. The van der Waals surface area contributed by atoms with E-state index in [0.29, 0.717) is 30.0 Å². The Balaban J connectivity index is 0.00000243. The summed E-state index contributed by atoms with van der Waals surface area (Å²) in [5, 5.41) is 3.71. The number of carbonyl (C=O) groups excluding carboxylic acids is 1. The van der Waals surface area contributed by atoms with Crippen molar-refractivity contribution in [3.63, 3.8) is 0 Å². The van der Waals surface area contributed by atoms with Gasteiger partial charge in [0.1, 0.15) is 10.6 Å². The quantitative estimate of drug-likeness (QED) is 0.780. The SMILES string of the molecule is Cc1noc(C)c1S(=O)(=O)N1CCN(C(=O)c2cccc(N)c2)CC1.Cl. The lowest BCUT2D eigenvalue weighted by Crippen LogP contribution is -2.50. The summed E-state index contributed by atoms with van der Waals surface area (Å²) in [6, 6.07) is 6.76. The van der Waals surface area contributed by atoms with Gasteiger partial charge >= 0.3 is 0 Å². The number of nitrogens with two attached hydrogens (primary N) is 1. The fourth-order valence-corrected chi connectivity index (χ4v) is 4.67. The maximum atomic E-state index is 12.8. The predicted molar refractivity (Wildman–Crippen MR) is 98.7 cm³/mol. The van der Waals surface area contributed by atoms with Crippen molar-refractivity contribution in [2.24, 2.45) is 0 Å². The maximum Gasteiger partial charge on any atom is 0.254 e. The zero-order valence-electron chi connectivity index (χ0n) is 14.5. The van der Waals surface area contributed by atoms with Gasteiger partial charge in [0.15, 0.2) is 5.76 Å². The molecule has 1 saturated heterocycles. The summed E-state index contributed by atoms with van der Waals surface area (Å²) in [7, 11) is -3.68. The van der Waals surface area contributed by atoms with Gasteiger partial charge in [-0.2, -0.15) is 4.31 Å². The third kappa shape index (κ3) is 3.69. The molecule has 1 aliphatic rings. The fourth-order valence-electron chi connectivity index (χ4n) is 2.96. The third-order valence-electron chi connectivity index (χ3n) is 4.23. The summed E-state index contributed by atoms with van der Waals surface area (Å²) in [6.07, 6.45) is 0. The molecule has 2 N–H and O–H groups in total. The fraction of sp³-hybridized carbons (Fsp3) is 0.375. The molecule has 0 bridgehead atoms. The molecule has 1 aromatic heterocycles. The normalized spacial score (nSPS) is 15.5. The molecule has 0 radical (unpaired) electrons. The molecule has 1 fully saturated rings. The number of sulfonamides is 1. The van der Waals surface area contributed by atoms with E-state index in [4.69, 9.17) is 10.3 Å². The van der Waals surface area contributed by atoms with Crippen molar-refractivity contribution in [3.8, 4) is 0 Å². The van der Waals surface area contributed by atoms with E-state index in [1.165, 1.54) is 4.31 Å². The largest absolute Gasteiger partial charge is 0.399 e. The monoisotopic (exact) mass is 400 g/mol. The topological polar surface area (TPSA) is 110 Å². The van der Waals surface area contributed by atoms with Crippen LogP contribution < -0.4 is 5.73 Å². The first-order chi connectivity index (χ1) is 11.8. The highest BCUT2D eigenvalue weighted by Crippen LogP contribution is 2.24. The van der Waals surface area contributed by atoms with Crippen LogP contribution in [-0.2, 0) is 10.0 Å². The van der Waals surface area contributed by atoms with Crippen molar-refractivity contribution < 1.29 is 17.7 Å². The van der Waals surface area contributed by atoms with Gasteiger partial charge in [-0.1, -0.05) is 11.2 Å². The number of hydrogen-bond donors (Lipinski definition) is 1. The summed E-state index contributed by atoms with van der Waals surface area (Å²) in [4.78, 5) is 14.3. The van der Waals surface area contributed by atoms with Crippen LogP contribution >= 0.6 is 12.4 Å². The van der Waals surface area contributed by atoms with Crippen LogP contribution in [0.4, 0.5) is 5.69 Å². The predicted octanol–water partition coefficient (Wildman–Crippen LogP) is 1.44. The average molecular weight is 401 g/mol. The Labute approximate surface area is 158 Å². The van der Waals surface area contributed by atoms with Gasteiger partial charge < -0.3 is 15.2 Å². The van der Waals surface area contributed by atoms with Gasteiger partial charge in [0.2, 0.25) is 10.0 Å². The minimum atomic E-state index is -3.68. The van der Waals surface area contributed by atoms with Gasteiger partial charge in [0.25, 0.3) is 5.91 Å². The van der Waals surface area contributed by atoms with Crippen LogP contribution in [-0.4, -0.2) is 54.9 Å². The van der Waals surface area contributed by atoms with E-state index < -0.39 is 10.0 Å². The Bertz CT molecular complexity index is 885. The molecule has 0 spiro atoms. The third-order valence-corrected chi connectivity index (χ3v) is 6.37. The molecule has 2 heterocycles. The van der Waals surface area contributed by atoms with E-state index in [9.17, 15) is 13.2 Å². The second-order valence-corrected chi connectivity index (χ2v) is 7.85. The summed E-state index contributed by atoms with van der Waals surface area (Å²) in [6.45, 7) is 4.25. The first-order valence-electron chi connectivity index (χ1n) is 7.88. The number of amides is 1.